The van der Waals surface area contributed by atoms with Gasteiger partial charge in [-0.3, -0.25) is 4.57 Å². The van der Waals surface area contributed by atoms with Crippen molar-refractivity contribution in [1.29, 1.82) is 0 Å². The Labute approximate surface area is 109 Å². The van der Waals surface area contributed by atoms with Gasteiger partial charge in [0.1, 0.15) is 5.52 Å². The van der Waals surface area contributed by atoms with Crippen LogP contribution in [-0.2, 0) is 16.6 Å². The van der Waals surface area contributed by atoms with Gasteiger partial charge in [-0.15, -0.1) is 0 Å². The molecule has 0 atom stereocenters. The highest BCUT2D eigenvalue weighted by Crippen LogP contribution is 2.18. The number of aromatic nitrogens is 3. The summed E-state index contributed by atoms with van der Waals surface area (Å²) in [6.07, 6.45) is 2.59. The average molecular weight is 290 g/mol. The van der Waals surface area contributed by atoms with Crippen LogP contribution in [0.15, 0.2) is 12.3 Å². The quantitative estimate of drug-likeness (QED) is 0.838. The molecule has 0 saturated heterocycles. The van der Waals surface area contributed by atoms with E-state index in [0.29, 0.717) is 22.7 Å². The standard InChI is InChI=1S/C9H12ClN5O2S/c1-18(16,17)13-2-3-15-8-7(14-9(15)11)4-6(10)5-12-8/h4-5,13H,2-3H2,1H3,(H2,11,14). The molecule has 98 valence electrons. The molecule has 7 nitrogen and oxygen atoms in total. The number of nitrogen functional groups attached to an aromatic ring is 1. The van der Waals surface area contributed by atoms with Crippen LogP contribution in [0.3, 0.4) is 0 Å². The minimum atomic E-state index is -3.22. The molecular weight excluding hydrogens is 278 g/mol. The van der Waals surface area contributed by atoms with E-state index in [1.54, 1.807) is 10.6 Å². The van der Waals surface area contributed by atoms with E-state index in [9.17, 15) is 8.42 Å². The fraction of sp³-hybridized carbons (Fsp3) is 0.333. The van der Waals surface area contributed by atoms with E-state index >= 15 is 0 Å². The van der Waals surface area contributed by atoms with Gasteiger partial charge in [-0.25, -0.2) is 23.1 Å². The average Bonchev–Trinajstić information content (AvgIpc) is 2.52. The summed E-state index contributed by atoms with van der Waals surface area (Å²) in [6.45, 7) is 0.572. The van der Waals surface area contributed by atoms with Crippen molar-refractivity contribution in [3.8, 4) is 0 Å². The second-order valence-electron chi connectivity index (χ2n) is 3.78. The molecule has 2 rings (SSSR count). The van der Waals surface area contributed by atoms with Gasteiger partial charge in [0.05, 0.1) is 11.3 Å². The van der Waals surface area contributed by atoms with Crippen LogP contribution < -0.4 is 10.5 Å². The fourth-order valence-electron chi connectivity index (χ4n) is 1.57. The van der Waals surface area contributed by atoms with E-state index in [-0.39, 0.29) is 12.5 Å². The summed E-state index contributed by atoms with van der Waals surface area (Å²) in [4.78, 5) is 8.23. The Morgan fingerprint density at radius 3 is 2.94 bits per heavy atom. The third-order valence-electron chi connectivity index (χ3n) is 2.28. The van der Waals surface area contributed by atoms with Gasteiger partial charge in [0.25, 0.3) is 0 Å². The molecule has 0 saturated carbocycles. The summed E-state index contributed by atoms with van der Waals surface area (Å²) in [5, 5.41) is 0.474. The van der Waals surface area contributed by atoms with Gasteiger partial charge in [0, 0.05) is 19.3 Å². The zero-order valence-electron chi connectivity index (χ0n) is 9.59. The zero-order chi connectivity index (χ0) is 13.3. The summed E-state index contributed by atoms with van der Waals surface area (Å²) < 4.78 is 25.9. The van der Waals surface area contributed by atoms with Crippen molar-refractivity contribution >= 4 is 38.7 Å². The second-order valence-corrected chi connectivity index (χ2v) is 6.05. The molecule has 0 aromatic carbocycles. The maximum atomic E-state index is 11.0. The second kappa shape index (κ2) is 4.71. The lowest BCUT2D eigenvalue weighted by atomic mass is 10.4. The van der Waals surface area contributed by atoms with Crippen LogP contribution in [0.25, 0.3) is 11.2 Å². The first-order valence-corrected chi connectivity index (χ1v) is 7.35. The van der Waals surface area contributed by atoms with E-state index in [1.807, 2.05) is 0 Å². The van der Waals surface area contributed by atoms with E-state index < -0.39 is 10.0 Å². The first-order chi connectivity index (χ1) is 8.37. The summed E-state index contributed by atoms with van der Waals surface area (Å²) >= 11 is 5.80. The number of nitrogens with one attached hydrogen (secondary N) is 1. The van der Waals surface area contributed by atoms with Crippen LogP contribution in [-0.4, -0.2) is 35.8 Å². The van der Waals surface area contributed by atoms with Crippen molar-refractivity contribution in [2.75, 3.05) is 18.5 Å². The van der Waals surface area contributed by atoms with E-state index in [0.717, 1.165) is 6.26 Å². The lowest BCUT2D eigenvalue weighted by Crippen LogP contribution is -2.26. The van der Waals surface area contributed by atoms with Gasteiger partial charge in [0.2, 0.25) is 16.0 Å². The molecule has 18 heavy (non-hydrogen) atoms. The molecule has 0 aliphatic carbocycles. The fourth-order valence-corrected chi connectivity index (χ4v) is 2.18. The van der Waals surface area contributed by atoms with Gasteiger partial charge >= 0.3 is 0 Å². The monoisotopic (exact) mass is 289 g/mol. The Morgan fingerprint density at radius 1 is 1.56 bits per heavy atom. The highest BCUT2D eigenvalue weighted by Gasteiger charge is 2.10. The zero-order valence-corrected chi connectivity index (χ0v) is 11.2. The molecule has 2 heterocycles. The number of imidazole rings is 1. The molecule has 0 amide bonds. The molecule has 0 bridgehead atoms. The maximum Gasteiger partial charge on any atom is 0.208 e. The third-order valence-corrected chi connectivity index (χ3v) is 3.22. The van der Waals surface area contributed by atoms with Crippen LogP contribution in [0, 0.1) is 0 Å². The minimum Gasteiger partial charge on any atom is -0.369 e. The smallest absolute Gasteiger partial charge is 0.208 e. The largest absolute Gasteiger partial charge is 0.369 e. The Kier molecular flexibility index (Phi) is 3.42. The number of hydrogen-bond donors (Lipinski definition) is 2. The van der Waals surface area contributed by atoms with Gasteiger partial charge < -0.3 is 5.73 Å². The van der Waals surface area contributed by atoms with Crippen LogP contribution in [0.4, 0.5) is 5.95 Å². The number of halogens is 1. The highest BCUT2D eigenvalue weighted by molar-refractivity contribution is 7.88. The molecule has 0 fully saturated rings. The topological polar surface area (TPSA) is 103 Å². The summed E-state index contributed by atoms with van der Waals surface area (Å²) in [5.41, 5.74) is 6.90. The van der Waals surface area contributed by atoms with Gasteiger partial charge in [-0.05, 0) is 6.07 Å². The van der Waals surface area contributed by atoms with Crippen LogP contribution >= 0.6 is 11.6 Å². The molecule has 0 aliphatic rings. The van der Waals surface area contributed by atoms with Gasteiger partial charge in [-0.2, -0.15) is 0 Å². The Hall–Kier alpha value is -1.38. The van der Waals surface area contributed by atoms with Crippen molar-refractivity contribution < 1.29 is 8.42 Å². The Bertz CT molecular complexity index is 682. The number of pyridine rings is 1. The molecule has 3 N–H and O–H groups in total. The van der Waals surface area contributed by atoms with Crippen molar-refractivity contribution in [3.05, 3.63) is 17.3 Å². The normalized spacial score (nSPS) is 12.1. The van der Waals surface area contributed by atoms with E-state index in [2.05, 4.69) is 14.7 Å². The van der Waals surface area contributed by atoms with Crippen molar-refractivity contribution in [3.63, 3.8) is 0 Å². The predicted octanol–water partition coefficient (Wildman–Crippen LogP) is 0.216. The molecule has 0 aliphatic heterocycles. The summed E-state index contributed by atoms with van der Waals surface area (Å²) in [6, 6.07) is 1.65. The van der Waals surface area contributed by atoms with Crippen LogP contribution in [0.1, 0.15) is 0 Å². The Balaban J connectivity index is 2.25. The summed E-state index contributed by atoms with van der Waals surface area (Å²) in [5.74, 6) is 0.273. The number of anilines is 1. The van der Waals surface area contributed by atoms with Crippen LogP contribution in [0.5, 0.6) is 0 Å². The van der Waals surface area contributed by atoms with Crippen molar-refractivity contribution in [2.45, 2.75) is 6.54 Å². The highest BCUT2D eigenvalue weighted by atomic mass is 35.5. The molecule has 2 aromatic heterocycles. The molecular formula is C9H12ClN5O2S. The molecule has 0 radical (unpaired) electrons. The predicted molar refractivity (Wildman–Crippen MR) is 69.8 cm³/mol. The lowest BCUT2D eigenvalue weighted by Gasteiger charge is -2.06. The number of sulfonamides is 1. The van der Waals surface area contributed by atoms with E-state index in [1.165, 1.54) is 6.20 Å². The SMILES string of the molecule is CS(=O)(=O)NCCn1c(N)nc2cc(Cl)cnc21. The minimum absolute atomic E-state index is 0.221. The molecule has 0 unspecified atom stereocenters. The maximum absolute atomic E-state index is 11.0. The number of nitrogens with zero attached hydrogens (tertiary/aromatic N) is 3. The lowest BCUT2D eigenvalue weighted by molar-refractivity contribution is 0.580. The molecule has 9 heteroatoms. The first-order valence-electron chi connectivity index (χ1n) is 5.09. The van der Waals surface area contributed by atoms with Crippen LogP contribution in [0.2, 0.25) is 5.02 Å². The van der Waals surface area contributed by atoms with Crippen molar-refractivity contribution in [1.82, 2.24) is 19.3 Å². The van der Waals surface area contributed by atoms with Gasteiger partial charge in [-0.1, -0.05) is 11.6 Å². The number of fused-ring (bicyclic) bond motifs is 1. The first kappa shape index (κ1) is 13.1. The molecule has 2 aromatic rings. The Morgan fingerprint density at radius 2 is 2.28 bits per heavy atom. The molecule has 0 spiro atoms. The summed E-state index contributed by atoms with van der Waals surface area (Å²) in [7, 11) is -3.22. The van der Waals surface area contributed by atoms with Crippen molar-refractivity contribution in [2.24, 2.45) is 0 Å². The van der Waals surface area contributed by atoms with Gasteiger partial charge in [0.15, 0.2) is 5.65 Å². The number of rotatable bonds is 4. The number of nitrogens with two attached hydrogens (primary N) is 1. The third kappa shape index (κ3) is 2.89. The number of hydrogen-bond acceptors (Lipinski definition) is 5. The van der Waals surface area contributed by atoms with E-state index in [4.69, 9.17) is 17.3 Å².